The average molecular weight is 283 g/mol. The van der Waals surface area contributed by atoms with Gasteiger partial charge >= 0.3 is 0 Å². The molecular formula is C14H13N5O2. The van der Waals surface area contributed by atoms with Gasteiger partial charge in [0.15, 0.2) is 0 Å². The smallest absolute Gasteiger partial charge is 0.260 e. The molecule has 106 valence electrons. The first-order valence-corrected chi connectivity index (χ1v) is 6.26. The Kier molecular flexibility index (Phi) is 3.23. The minimum Gasteiger partial charge on any atom is -0.480 e. The third-order valence-electron chi connectivity index (χ3n) is 3.06. The summed E-state index contributed by atoms with van der Waals surface area (Å²) in [6.07, 6.45) is 0. The lowest BCUT2D eigenvalue weighted by Crippen LogP contribution is -1.94. The normalized spacial score (nSPS) is 10.6. The Morgan fingerprint density at radius 1 is 1.14 bits per heavy atom. The van der Waals surface area contributed by atoms with Gasteiger partial charge in [0.2, 0.25) is 11.7 Å². The minimum atomic E-state index is 0.348. The molecule has 21 heavy (non-hydrogen) atoms. The van der Waals surface area contributed by atoms with Gasteiger partial charge in [0.25, 0.3) is 5.89 Å². The summed E-state index contributed by atoms with van der Waals surface area (Å²) in [6.45, 7) is 1.92. The summed E-state index contributed by atoms with van der Waals surface area (Å²) in [6, 6.07) is 9.03. The predicted molar refractivity (Wildman–Crippen MR) is 76.5 cm³/mol. The molecule has 0 aliphatic heterocycles. The van der Waals surface area contributed by atoms with Crippen LogP contribution in [0.25, 0.3) is 23.0 Å². The highest BCUT2D eigenvalue weighted by Gasteiger charge is 2.15. The molecule has 7 heteroatoms. The van der Waals surface area contributed by atoms with E-state index in [1.807, 2.05) is 25.1 Å². The van der Waals surface area contributed by atoms with Crippen molar-refractivity contribution in [2.24, 2.45) is 0 Å². The Labute approximate surface area is 120 Å². The number of nitrogens with two attached hydrogens (primary N) is 1. The fraction of sp³-hybridized carbons (Fsp3) is 0.143. The lowest BCUT2D eigenvalue weighted by atomic mass is 10.1. The van der Waals surface area contributed by atoms with Crippen molar-refractivity contribution in [2.75, 3.05) is 12.8 Å². The third-order valence-corrected chi connectivity index (χ3v) is 3.06. The molecule has 0 aliphatic rings. The van der Waals surface area contributed by atoms with Gasteiger partial charge in [-0.1, -0.05) is 17.3 Å². The standard InChI is InChI=1S/C14H13N5O2/c1-8-4-3-5-9(12(8)15)14-16-13(19-21-14)10-6-7-11(20-2)18-17-10/h3-7H,15H2,1-2H3. The lowest BCUT2D eigenvalue weighted by Gasteiger charge is -2.02. The van der Waals surface area contributed by atoms with E-state index in [1.165, 1.54) is 7.11 Å². The second-order valence-corrected chi connectivity index (χ2v) is 4.42. The third kappa shape index (κ3) is 2.40. The minimum absolute atomic E-state index is 0.348. The van der Waals surface area contributed by atoms with Gasteiger partial charge in [-0.2, -0.15) is 4.98 Å². The van der Waals surface area contributed by atoms with Crippen LogP contribution in [0.4, 0.5) is 5.69 Å². The van der Waals surface area contributed by atoms with Crippen molar-refractivity contribution in [3.8, 4) is 28.9 Å². The predicted octanol–water partition coefficient (Wildman–Crippen LogP) is 2.09. The Morgan fingerprint density at radius 3 is 2.71 bits per heavy atom. The van der Waals surface area contributed by atoms with Crippen molar-refractivity contribution in [1.82, 2.24) is 20.3 Å². The van der Waals surface area contributed by atoms with Crippen molar-refractivity contribution < 1.29 is 9.26 Å². The second kappa shape index (κ2) is 5.20. The van der Waals surface area contributed by atoms with Crippen molar-refractivity contribution in [3.05, 3.63) is 35.9 Å². The van der Waals surface area contributed by atoms with E-state index in [-0.39, 0.29) is 0 Å². The molecular weight excluding hydrogens is 270 g/mol. The molecule has 0 spiro atoms. The van der Waals surface area contributed by atoms with Gasteiger partial charge in [-0.05, 0) is 24.6 Å². The van der Waals surface area contributed by atoms with E-state index in [0.717, 1.165) is 5.56 Å². The number of anilines is 1. The lowest BCUT2D eigenvalue weighted by molar-refractivity contribution is 0.392. The molecule has 0 fully saturated rings. The van der Waals surface area contributed by atoms with E-state index in [4.69, 9.17) is 15.0 Å². The highest BCUT2D eigenvalue weighted by Crippen LogP contribution is 2.28. The molecule has 2 aromatic heterocycles. The SMILES string of the molecule is COc1ccc(-c2noc(-c3cccc(C)c3N)n2)nn1. The largest absolute Gasteiger partial charge is 0.480 e. The van der Waals surface area contributed by atoms with Crippen LogP contribution in [-0.4, -0.2) is 27.4 Å². The number of ether oxygens (including phenoxy) is 1. The van der Waals surface area contributed by atoms with Crippen molar-refractivity contribution >= 4 is 5.69 Å². The number of para-hydroxylation sites is 1. The molecule has 0 unspecified atom stereocenters. The molecule has 3 aromatic rings. The van der Waals surface area contributed by atoms with Gasteiger partial charge in [0.1, 0.15) is 5.69 Å². The maximum Gasteiger partial charge on any atom is 0.260 e. The number of nitrogen functional groups attached to an aromatic ring is 1. The summed E-state index contributed by atoms with van der Waals surface area (Å²) in [5.74, 6) is 1.12. The van der Waals surface area contributed by atoms with Crippen LogP contribution in [0.3, 0.4) is 0 Å². The van der Waals surface area contributed by atoms with Crippen LogP contribution in [-0.2, 0) is 0 Å². The quantitative estimate of drug-likeness (QED) is 0.734. The number of rotatable bonds is 3. The Hall–Kier alpha value is -2.96. The van der Waals surface area contributed by atoms with Gasteiger partial charge in [-0.3, -0.25) is 0 Å². The van der Waals surface area contributed by atoms with Gasteiger partial charge in [0.05, 0.1) is 12.7 Å². The van der Waals surface area contributed by atoms with Crippen molar-refractivity contribution in [1.29, 1.82) is 0 Å². The van der Waals surface area contributed by atoms with Crippen LogP contribution >= 0.6 is 0 Å². The molecule has 1 aromatic carbocycles. The summed E-state index contributed by atoms with van der Waals surface area (Å²) < 4.78 is 10.2. The van der Waals surface area contributed by atoms with Gasteiger partial charge in [-0.25, -0.2) is 0 Å². The summed E-state index contributed by atoms with van der Waals surface area (Å²) in [4.78, 5) is 4.31. The Bertz CT molecular complexity index is 767. The summed E-state index contributed by atoms with van der Waals surface area (Å²) in [5.41, 5.74) is 8.80. The zero-order chi connectivity index (χ0) is 14.8. The number of hydrogen-bond donors (Lipinski definition) is 1. The number of hydrogen-bond acceptors (Lipinski definition) is 7. The number of aromatic nitrogens is 4. The Balaban J connectivity index is 1.97. The van der Waals surface area contributed by atoms with Gasteiger partial charge in [0, 0.05) is 11.8 Å². The van der Waals surface area contributed by atoms with Crippen LogP contribution in [0.1, 0.15) is 5.56 Å². The Morgan fingerprint density at radius 2 is 2.00 bits per heavy atom. The fourth-order valence-corrected chi connectivity index (χ4v) is 1.85. The first-order chi connectivity index (χ1) is 10.2. The zero-order valence-corrected chi connectivity index (χ0v) is 11.6. The van der Waals surface area contributed by atoms with Gasteiger partial charge in [-0.15, -0.1) is 10.2 Å². The second-order valence-electron chi connectivity index (χ2n) is 4.42. The molecule has 0 aliphatic carbocycles. The maximum atomic E-state index is 6.03. The summed E-state index contributed by atoms with van der Waals surface area (Å²) in [7, 11) is 1.52. The van der Waals surface area contributed by atoms with E-state index >= 15 is 0 Å². The summed E-state index contributed by atoms with van der Waals surface area (Å²) in [5, 5.41) is 11.7. The molecule has 0 atom stereocenters. The van der Waals surface area contributed by atoms with Crippen LogP contribution in [0.2, 0.25) is 0 Å². The highest BCUT2D eigenvalue weighted by atomic mass is 16.5. The van der Waals surface area contributed by atoms with E-state index < -0.39 is 0 Å². The van der Waals surface area contributed by atoms with Crippen LogP contribution in [0.5, 0.6) is 5.88 Å². The van der Waals surface area contributed by atoms with Crippen LogP contribution in [0.15, 0.2) is 34.9 Å². The van der Waals surface area contributed by atoms with Gasteiger partial charge < -0.3 is 15.0 Å². The van der Waals surface area contributed by atoms with Crippen LogP contribution in [0, 0.1) is 6.92 Å². The number of benzene rings is 1. The first-order valence-electron chi connectivity index (χ1n) is 6.26. The first kappa shape index (κ1) is 13.0. The highest BCUT2D eigenvalue weighted by molar-refractivity contribution is 5.73. The van der Waals surface area contributed by atoms with Crippen LogP contribution < -0.4 is 10.5 Å². The average Bonchev–Trinajstić information content (AvgIpc) is 3.00. The van der Waals surface area contributed by atoms with Crippen molar-refractivity contribution in [3.63, 3.8) is 0 Å². The number of methoxy groups -OCH3 is 1. The molecule has 0 saturated heterocycles. The molecule has 2 heterocycles. The topological polar surface area (TPSA) is 100.0 Å². The van der Waals surface area contributed by atoms with E-state index in [1.54, 1.807) is 12.1 Å². The van der Waals surface area contributed by atoms with E-state index in [2.05, 4.69) is 20.3 Å². The molecule has 0 amide bonds. The molecule has 0 saturated carbocycles. The molecule has 2 N–H and O–H groups in total. The van der Waals surface area contributed by atoms with E-state index in [9.17, 15) is 0 Å². The van der Waals surface area contributed by atoms with E-state index in [0.29, 0.717) is 34.5 Å². The fourth-order valence-electron chi connectivity index (χ4n) is 1.85. The molecule has 7 nitrogen and oxygen atoms in total. The van der Waals surface area contributed by atoms with Crippen molar-refractivity contribution in [2.45, 2.75) is 6.92 Å². The monoisotopic (exact) mass is 283 g/mol. The molecule has 0 radical (unpaired) electrons. The maximum absolute atomic E-state index is 6.03. The number of aryl methyl sites for hydroxylation is 1. The molecule has 3 rings (SSSR count). The molecule has 0 bridgehead atoms. The summed E-state index contributed by atoms with van der Waals surface area (Å²) >= 11 is 0. The zero-order valence-electron chi connectivity index (χ0n) is 11.6. The number of nitrogens with zero attached hydrogens (tertiary/aromatic N) is 4.